The first-order chi connectivity index (χ1) is 7.17. The van der Waals surface area contributed by atoms with Gasteiger partial charge in [0.25, 0.3) is 5.69 Å². The van der Waals surface area contributed by atoms with E-state index in [1.54, 1.807) is 12.1 Å². The van der Waals surface area contributed by atoms with E-state index in [1.807, 2.05) is 0 Å². The van der Waals surface area contributed by atoms with Crippen LogP contribution in [0.5, 0.6) is 0 Å². The highest BCUT2D eigenvalue weighted by atomic mass is 16.6. The Morgan fingerprint density at radius 1 is 1.07 bits per heavy atom. The summed E-state index contributed by atoms with van der Waals surface area (Å²) in [5.74, 6) is 0. The molecule has 0 aliphatic heterocycles. The molecular formula is C12H17NO2. The Kier molecular flexibility index (Phi) is 4.28. The Morgan fingerprint density at radius 2 is 1.53 bits per heavy atom. The molecule has 0 radical (unpaired) electrons. The summed E-state index contributed by atoms with van der Waals surface area (Å²) in [5, 5.41) is 10.7. The second-order valence-corrected chi connectivity index (χ2v) is 3.76. The fourth-order valence-electron chi connectivity index (χ4n) is 1.71. The number of hydrogen-bond acceptors (Lipinski definition) is 2. The van der Waals surface area contributed by atoms with Crippen LogP contribution in [-0.2, 0) is 12.8 Å². The molecule has 0 saturated heterocycles. The number of aryl methyl sites for hydroxylation is 2. The van der Waals surface area contributed by atoms with Gasteiger partial charge in [0.05, 0.1) is 4.92 Å². The van der Waals surface area contributed by atoms with Crippen molar-refractivity contribution in [3.8, 4) is 0 Å². The molecule has 0 unspecified atom stereocenters. The maximum Gasteiger partial charge on any atom is 0.269 e. The average Bonchev–Trinajstić information content (AvgIpc) is 2.18. The van der Waals surface area contributed by atoms with Crippen LogP contribution in [0.4, 0.5) is 5.69 Å². The number of non-ortho nitro benzene ring substituents is 1. The van der Waals surface area contributed by atoms with E-state index in [0.717, 1.165) is 36.8 Å². The molecule has 0 aliphatic carbocycles. The van der Waals surface area contributed by atoms with Gasteiger partial charge in [0.1, 0.15) is 0 Å². The first-order valence-corrected chi connectivity index (χ1v) is 5.44. The van der Waals surface area contributed by atoms with E-state index >= 15 is 0 Å². The van der Waals surface area contributed by atoms with Gasteiger partial charge in [-0.3, -0.25) is 10.1 Å². The molecule has 3 heteroatoms. The number of hydrogen-bond donors (Lipinski definition) is 0. The zero-order valence-electron chi connectivity index (χ0n) is 9.32. The molecule has 0 aromatic heterocycles. The lowest BCUT2D eigenvalue weighted by Crippen LogP contribution is -1.94. The lowest BCUT2D eigenvalue weighted by atomic mass is 10.0. The van der Waals surface area contributed by atoms with E-state index < -0.39 is 0 Å². The summed E-state index contributed by atoms with van der Waals surface area (Å²) >= 11 is 0. The molecule has 1 rings (SSSR count). The predicted molar refractivity (Wildman–Crippen MR) is 61.1 cm³/mol. The first kappa shape index (κ1) is 11.7. The van der Waals surface area contributed by atoms with Crippen molar-refractivity contribution in [3.63, 3.8) is 0 Å². The van der Waals surface area contributed by atoms with Crippen molar-refractivity contribution in [2.75, 3.05) is 0 Å². The van der Waals surface area contributed by atoms with Crippen molar-refractivity contribution in [1.29, 1.82) is 0 Å². The van der Waals surface area contributed by atoms with Gasteiger partial charge in [0.2, 0.25) is 0 Å². The predicted octanol–water partition coefficient (Wildman–Crippen LogP) is 3.50. The van der Waals surface area contributed by atoms with E-state index in [9.17, 15) is 10.1 Å². The quantitative estimate of drug-likeness (QED) is 0.547. The van der Waals surface area contributed by atoms with Crippen LogP contribution in [0, 0.1) is 10.1 Å². The van der Waals surface area contributed by atoms with Gasteiger partial charge in [0.15, 0.2) is 0 Å². The molecule has 1 aromatic carbocycles. The van der Waals surface area contributed by atoms with Crippen LogP contribution in [0.25, 0.3) is 0 Å². The Bertz CT molecular complexity index is 323. The van der Waals surface area contributed by atoms with Crippen molar-refractivity contribution in [2.45, 2.75) is 39.5 Å². The molecule has 0 atom stereocenters. The lowest BCUT2D eigenvalue weighted by molar-refractivity contribution is -0.385. The van der Waals surface area contributed by atoms with E-state index in [0.29, 0.717) is 0 Å². The van der Waals surface area contributed by atoms with Gasteiger partial charge in [-0.25, -0.2) is 0 Å². The maximum absolute atomic E-state index is 10.7. The van der Waals surface area contributed by atoms with Gasteiger partial charge < -0.3 is 0 Å². The molecule has 0 bridgehead atoms. The van der Waals surface area contributed by atoms with Gasteiger partial charge in [-0.1, -0.05) is 32.8 Å². The molecular weight excluding hydrogens is 190 g/mol. The second-order valence-electron chi connectivity index (χ2n) is 3.76. The van der Waals surface area contributed by atoms with Crippen molar-refractivity contribution < 1.29 is 4.92 Å². The highest BCUT2D eigenvalue weighted by Crippen LogP contribution is 2.19. The molecule has 0 aliphatic rings. The Hall–Kier alpha value is -1.38. The normalized spacial score (nSPS) is 10.3. The van der Waals surface area contributed by atoms with Crippen molar-refractivity contribution in [3.05, 3.63) is 39.4 Å². The fourth-order valence-corrected chi connectivity index (χ4v) is 1.71. The van der Waals surface area contributed by atoms with Crippen LogP contribution in [0.1, 0.15) is 37.8 Å². The number of benzene rings is 1. The van der Waals surface area contributed by atoms with Crippen LogP contribution in [0.2, 0.25) is 0 Å². The van der Waals surface area contributed by atoms with Crippen molar-refractivity contribution >= 4 is 5.69 Å². The summed E-state index contributed by atoms with van der Waals surface area (Å²) in [6.45, 7) is 4.16. The van der Waals surface area contributed by atoms with E-state index in [2.05, 4.69) is 19.9 Å². The highest BCUT2D eigenvalue weighted by Gasteiger charge is 2.08. The minimum atomic E-state index is -0.307. The maximum atomic E-state index is 10.7. The van der Waals surface area contributed by atoms with Gasteiger partial charge in [-0.15, -0.1) is 0 Å². The van der Waals surface area contributed by atoms with E-state index in [4.69, 9.17) is 0 Å². The summed E-state index contributed by atoms with van der Waals surface area (Å²) in [6.07, 6.45) is 3.87. The first-order valence-electron chi connectivity index (χ1n) is 5.44. The average molecular weight is 207 g/mol. The molecule has 15 heavy (non-hydrogen) atoms. The molecule has 0 fully saturated rings. The van der Waals surface area contributed by atoms with Crippen LogP contribution >= 0.6 is 0 Å². The minimum Gasteiger partial charge on any atom is -0.258 e. The second kappa shape index (κ2) is 5.49. The Morgan fingerprint density at radius 3 is 1.87 bits per heavy atom. The van der Waals surface area contributed by atoms with E-state index in [1.165, 1.54) is 0 Å². The molecule has 0 saturated carbocycles. The SMILES string of the molecule is CCCc1cc(CCC)cc([N+](=O)[O-])c1. The third-order valence-electron chi connectivity index (χ3n) is 2.33. The number of rotatable bonds is 5. The van der Waals surface area contributed by atoms with Gasteiger partial charge in [0, 0.05) is 12.1 Å². The minimum absolute atomic E-state index is 0.226. The van der Waals surface area contributed by atoms with Crippen molar-refractivity contribution in [2.24, 2.45) is 0 Å². The number of nitro groups is 1. The van der Waals surface area contributed by atoms with Crippen LogP contribution < -0.4 is 0 Å². The Balaban J connectivity index is 3.02. The monoisotopic (exact) mass is 207 g/mol. The van der Waals surface area contributed by atoms with Crippen molar-refractivity contribution in [1.82, 2.24) is 0 Å². The molecule has 3 nitrogen and oxygen atoms in total. The smallest absolute Gasteiger partial charge is 0.258 e. The lowest BCUT2D eigenvalue weighted by Gasteiger charge is -2.03. The summed E-state index contributed by atoms with van der Waals surface area (Å²) in [5.41, 5.74) is 2.38. The zero-order chi connectivity index (χ0) is 11.3. The molecule has 1 aromatic rings. The largest absolute Gasteiger partial charge is 0.269 e. The van der Waals surface area contributed by atoms with Crippen LogP contribution in [0.3, 0.4) is 0 Å². The standard InChI is InChI=1S/C12H17NO2/c1-3-5-10-7-11(6-4-2)9-12(8-10)13(14)15/h7-9H,3-6H2,1-2H3. The van der Waals surface area contributed by atoms with Gasteiger partial charge in [-0.2, -0.15) is 0 Å². The fraction of sp³-hybridized carbons (Fsp3) is 0.500. The van der Waals surface area contributed by atoms with Gasteiger partial charge in [-0.05, 0) is 24.0 Å². The Labute approximate surface area is 90.3 Å². The summed E-state index contributed by atoms with van der Waals surface area (Å²) in [7, 11) is 0. The summed E-state index contributed by atoms with van der Waals surface area (Å²) in [6, 6.07) is 5.45. The molecule has 0 heterocycles. The van der Waals surface area contributed by atoms with Gasteiger partial charge >= 0.3 is 0 Å². The zero-order valence-corrected chi connectivity index (χ0v) is 9.32. The molecule has 0 N–H and O–H groups in total. The summed E-state index contributed by atoms with van der Waals surface area (Å²) in [4.78, 5) is 10.4. The molecule has 0 spiro atoms. The third-order valence-corrected chi connectivity index (χ3v) is 2.33. The summed E-state index contributed by atoms with van der Waals surface area (Å²) < 4.78 is 0. The number of nitrogens with zero attached hydrogens (tertiary/aromatic N) is 1. The molecule has 82 valence electrons. The van der Waals surface area contributed by atoms with Crippen LogP contribution in [0.15, 0.2) is 18.2 Å². The number of nitro benzene ring substituents is 1. The van der Waals surface area contributed by atoms with E-state index in [-0.39, 0.29) is 10.6 Å². The highest BCUT2D eigenvalue weighted by molar-refractivity contribution is 5.39. The van der Waals surface area contributed by atoms with Crippen LogP contribution in [-0.4, -0.2) is 4.92 Å². The molecule has 0 amide bonds. The topological polar surface area (TPSA) is 43.1 Å². The third kappa shape index (κ3) is 3.35.